The van der Waals surface area contributed by atoms with E-state index in [9.17, 15) is 13.9 Å². The minimum Gasteiger partial charge on any atom is -0.385 e. The maximum absolute atomic E-state index is 13.6. The van der Waals surface area contributed by atoms with Crippen LogP contribution in [0.4, 0.5) is 8.78 Å². The van der Waals surface area contributed by atoms with Gasteiger partial charge in [0, 0.05) is 18.7 Å². The summed E-state index contributed by atoms with van der Waals surface area (Å²) >= 11 is 0. The van der Waals surface area contributed by atoms with Gasteiger partial charge in [0.05, 0.1) is 5.60 Å². The Kier molecular flexibility index (Phi) is 2.95. The molecule has 1 heterocycles. The fourth-order valence-electron chi connectivity index (χ4n) is 2.12. The lowest BCUT2D eigenvalue weighted by Gasteiger charge is -2.37. The summed E-state index contributed by atoms with van der Waals surface area (Å²) in [5.41, 5.74) is -1.14. The van der Waals surface area contributed by atoms with Crippen LogP contribution in [0.3, 0.4) is 0 Å². The molecule has 0 aromatic heterocycles. The van der Waals surface area contributed by atoms with E-state index in [1.165, 1.54) is 12.1 Å². The van der Waals surface area contributed by atoms with Crippen LogP contribution < -0.4 is 0 Å². The van der Waals surface area contributed by atoms with Crippen LogP contribution in [0.2, 0.25) is 0 Å². The van der Waals surface area contributed by atoms with E-state index >= 15 is 0 Å². The van der Waals surface area contributed by atoms with Gasteiger partial charge < -0.3 is 10.0 Å². The van der Waals surface area contributed by atoms with Crippen molar-refractivity contribution in [2.45, 2.75) is 18.4 Å². The smallest absolute Gasteiger partial charge is 0.164 e. The number of aliphatic hydroxyl groups is 1. The van der Waals surface area contributed by atoms with Gasteiger partial charge in [-0.15, -0.1) is 0 Å². The Morgan fingerprint density at radius 2 is 1.88 bits per heavy atom. The average Bonchev–Trinajstić information content (AvgIpc) is 2.27. The van der Waals surface area contributed by atoms with Crippen LogP contribution in [0.5, 0.6) is 0 Å². The van der Waals surface area contributed by atoms with Crippen LogP contribution in [0, 0.1) is 11.6 Å². The third kappa shape index (κ3) is 1.95. The molecule has 2 nitrogen and oxygen atoms in total. The molecule has 1 saturated heterocycles. The first-order valence-corrected chi connectivity index (χ1v) is 5.38. The third-order valence-corrected chi connectivity index (χ3v) is 3.27. The molecule has 1 aliphatic rings. The van der Waals surface area contributed by atoms with Gasteiger partial charge in [0.15, 0.2) is 11.6 Å². The predicted octanol–water partition coefficient (Wildman–Crippen LogP) is 1.88. The van der Waals surface area contributed by atoms with E-state index in [0.29, 0.717) is 25.9 Å². The number of hydrogen-bond acceptors (Lipinski definition) is 2. The zero-order chi connectivity index (χ0) is 11.8. The summed E-state index contributed by atoms with van der Waals surface area (Å²) in [5, 5.41) is 10.3. The fraction of sp³-hybridized carbons (Fsp3) is 0.500. The molecule has 0 unspecified atom stereocenters. The van der Waals surface area contributed by atoms with Crippen LogP contribution in [-0.4, -0.2) is 30.1 Å². The van der Waals surface area contributed by atoms with Gasteiger partial charge in [-0.05, 0) is 26.0 Å². The summed E-state index contributed by atoms with van der Waals surface area (Å²) in [6.07, 6.45) is 0.869. The molecule has 0 amide bonds. The number of benzene rings is 1. The van der Waals surface area contributed by atoms with E-state index in [4.69, 9.17) is 0 Å². The zero-order valence-electron chi connectivity index (χ0n) is 9.21. The Balaban J connectivity index is 2.32. The SMILES string of the molecule is CN1CCC(O)(c2cccc(F)c2F)CC1. The topological polar surface area (TPSA) is 23.5 Å². The van der Waals surface area contributed by atoms with Gasteiger partial charge in [-0.3, -0.25) is 0 Å². The highest BCUT2D eigenvalue weighted by Crippen LogP contribution is 2.34. The lowest BCUT2D eigenvalue weighted by atomic mass is 9.84. The predicted molar refractivity (Wildman–Crippen MR) is 57.0 cm³/mol. The average molecular weight is 227 g/mol. The van der Waals surface area contributed by atoms with E-state index in [2.05, 4.69) is 4.90 Å². The molecule has 1 aromatic rings. The molecule has 88 valence electrons. The molecule has 2 rings (SSSR count). The van der Waals surface area contributed by atoms with Crippen molar-refractivity contribution >= 4 is 0 Å². The number of piperidine rings is 1. The van der Waals surface area contributed by atoms with Gasteiger partial charge in [-0.1, -0.05) is 12.1 Å². The molecule has 1 aliphatic heterocycles. The first-order chi connectivity index (χ1) is 7.53. The van der Waals surface area contributed by atoms with Crippen molar-refractivity contribution < 1.29 is 13.9 Å². The Hall–Kier alpha value is -1.00. The van der Waals surface area contributed by atoms with Crippen molar-refractivity contribution in [1.82, 2.24) is 4.90 Å². The quantitative estimate of drug-likeness (QED) is 0.791. The highest BCUT2D eigenvalue weighted by Gasteiger charge is 2.35. The van der Waals surface area contributed by atoms with E-state index in [-0.39, 0.29) is 5.56 Å². The Bertz CT molecular complexity index is 387. The molecular formula is C12H15F2NO. The standard InChI is InChI=1S/C12H15F2NO/c1-15-7-5-12(16,6-8-15)9-3-2-4-10(13)11(9)14/h2-4,16H,5-8H2,1H3. The number of halogens is 2. The molecular weight excluding hydrogens is 212 g/mol. The lowest BCUT2D eigenvalue weighted by molar-refractivity contribution is -0.0234. The highest BCUT2D eigenvalue weighted by atomic mass is 19.2. The molecule has 16 heavy (non-hydrogen) atoms. The molecule has 0 bridgehead atoms. The normalized spacial score (nSPS) is 21.0. The van der Waals surface area contributed by atoms with E-state index < -0.39 is 17.2 Å². The lowest BCUT2D eigenvalue weighted by Crippen LogP contribution is -2.41. The van der Waals surface area contributed by atoms with Crippen molar-refractivity contribution in [3.8, 4) is 0 Å². The van der Waals surface area contributed by atoms with Crippen LogP contribution in [-0.2, 0) is 5.60 Å². The monoisotopic (exact) mass is 227 g/mol. The van der Waals surface area contributed by atoms with Crippen molar-refractivity contribution in [1.29, 1.82) is 0 Å². The fourth-order valence-corrected chi connectivity index (χ4v) is 2.12. The molecule has 1 aromatic carbocycles. The maximum atomic E-state index is 13.6. The van der Waals surface area contributed by atoms with Crippen molar-refractivity contribution in [3.63, 3.8) is 0 Å². The summed E-state index contributed by atoms with van der Waals surface area (Å²) in [7, 11) is 1.95. The Morgan fingerprint density at radius 3 is 2.50 bits per heavy atom. The molecule has 0 aliphatic carbocycles. The summed E-state index contributed by atoms with van der Waals surface area (Å²) in [6.45, 7) is 1.37. The number of rotatable bonds is 1. The van der Waals surface area contributed by atoms with Crippen LogP contribution in [0.15, 0.2) is 18.2 Å². The van der Waals surface area contributed by atoms with Crippen LogP contribution in [0.25, 0.3) is 0 Å². The van der Waals surface area contributed by atoms with E-state index in [1.54, 1.807) is 0 Å². The summed E-state index contributed by atoms with van der Waals surface area (Å²) in [6, 6.07) is 3.96. The first kappa shape index (κ1) is 11.5. The summed E-state index contributed by atoms with van der Waals surface area (Å²) < 4.78 is 26.7. The first-order valence-electron chi connectivity index (χ1n) is 5.38. The Labute approximate surface area is 93.5 Å². The van der Waals surface area contributed by atoms with E-state index in [1.807, 2.05) is 7.05 Å². The van der Waals surface area contributed by atoms with Gasteiger partial charge >= 0.3 is 0 Å². The summed E-state index contributed by atoms with van der Waals surface area (Å²) in [5.74, 6) is -1.82. The second-order valence-electron chi connectivity index (χ2n) is 4.44. The maximum Gasteiger partial charge on any atom is 0.164 e. The molecule has 1 fully saturated rings. The number of nitrogens with zero attached hydrogens (tertiary/aromatic N) is 1. The minimum absolute atomic E-state index is 0.0839. The molecule has 1 N–H and O–H groups in total. The van der Waals surface area contributed by atoms with Gasteiger partial charge in [0.1, 0.15) is 0 Å². The number of hydrogen-bond donors (Lipinski definition) is 1. The van der Waals surface area contributed by atoms with Crippen molar-refractivity contribution in [2.24, 2.45) is 0 Å². The second kappa shape index (κ2) is 4.11. The van der Waals surface area contributed by atoms with Gasteiger partial charge in [-0.25, -0.2) is 8.78 Å². The Morgan fingerprint density at radius 1 is 1.25 bits per heavy atom. The molecule has 0 spiro atoms. The third-order valence-electron chi connectivity index (χ3n) is 3.27. The van der Waals surface area contributed by atoms with Crippen LogP contribution in [0.1, 0.15) is 18.4 Å². The molecule has 4 heteroatoms. The molecule has 0 saturated carbocycles. The zero-order valence-corrected chi connectivity index (χ0v) is 9.21. The van der Waals surface area contributed by atoms with Gasteiger partial charge in [-0.2, -0.15) is 0 Å². The largest absolute Gasteiger partial charge is 0.385 e. The van der Waals surface area contributed by atoms with Crippen LogP contribution >= 0.6 is 0 Å². The van der Waals surface area contributed by atoms with Gasteiger partial charge in [0.25, 0.3) is 0 Å². The van der Waals surface area contributed by atoms with E-state index in [0.717, 1.165) is 6.07 Å². The number of likely N-dealkylation sites (tertiary alicyclic amines) is 1. The summed E-state index contributed by atoms with van der Waals surface area (Å²) in [4.78, 5) is 2.06. The van der Waals surface area contributed by atoms with Crippen molar-refractivity contribution in [3.05, 3.63) is 35.4 Å². The molecule has 0 radical (unpaired) electrons. The highest BCUT2D eigenvalue weighted by molar-refractivity contribution is 5.26. The minimum atomic E-state index is -1.22. The molecule has 0 atom stereocenters. The van der Waals surface area contributed by atoms with Crippen molar-refractivity contribution in [2.75, 3.05) is 20.1 Å². The second-order valence-corrected chi connectivity index (χ2v) is 4.44. The van der Waals surface area contributed by atoms with Gasteiger partial charge in [0.2, 0.25) is 0 Å².